The van der Waals surface area contributed by atoms with E-state index in [-0.39, 0.29) is 0 Å². The lowest BCUT2D eigenvalue weighted by molar-refractivity contribution is 1.03. The largest absolute Gasteiger partial charge is 0.268 e. The zero-order chi connectivity index (χ0) is 14.8. The van der Waals surface area contributed by atoms with E-state index in [1.54, 1.807) is 0 Å². The molecule has 106 valence electrons. The number of nitrogens with zero attached hydrogens (tertiary/aromatic N) is 2. The first-order chi connectivity index (χ1) is 10.2. The molecule has 0 aliphatic heterocycles. The van der Waals surface area contributed by atoms with Crippen LogP contribution in [-0.4, -0.2) is 14.8 Å². The van der Waals surface area contributed by atoms with Gasteiger partial charge in [0.2, 0.25) is 0 Å². The molecule has 1 aromatic heterocycles. The summed E-state index contributed by atoms with van der Waals surface area (Å²) in [6, 6.07) is 16.7. The summed E-state index contributed by atoms with van der Waals surface area (Å²) in [6.45, 7) is 4.22. The van der Waals surface area contributed by atoms with Gasteiger partial charge in [0.1, 0.15) is 0 Å². The number of aromatic amines is 1. The van der Waals surface area contributed by atoms with Crippen LogP contribution in [0, 0.1) is 11.7 Å². The van der Waals surface area contributed by atoms with Gasteiger partial charge in [-0.2, -0.15) is 5.10 Å². The minimum atomic E-state index is 0.609. The predicted molar refractivity (Wildman–Crippen MR) is 88.3 cm³/mol. The van der Waals surface area contributed by atoms with Crippen LogP contribution in [0.2, 0.25) is 0 Å². The number of hydrogen-bond acceptors (Lipinski definition) is 2. The Labute approximate surface area is 129 Å². The molecule has 21 heavy (non-hydrogen) atoms. The number of aromatic nitrogens is 3. The predicted octanol–water partition coefficient (Wildman–Crippen LogP) is 4.47. The Balaban J connectivity index is 2.19. The molecular formula is C17H17N3S. The Morgan fingerprint density at radius 2 is 1.95 bits per heavy atom. The summed E-state index contributed by atoms with van der Waals surface area (Å²) in [6.07, 6.45) is 1.00. The SMILES string of the molecule is CCc1cccc(-c2n[nH]c(=S)n2-c2cccc(C)c2)c1. The third kappa shape index (κ3) is 2.67. The van der Waals surface area contributed by atoms with Crippen molar-refractivity contribution in [1.82, 2.24) is 14.8 Å². The quantitative estimate of drug-likeness (QED) is 0.723. The molecule has 3 aromatic rings. The third-order valence-electron chi connectivity index (χ3n) is 3.53. The molecule has 0 radical (unpaired) electrons. The Kier molecular flexibility index (Phi) is 3.71. The van der Waals surface area contributed by atoms with Gasteiger partial charge in [-0.1, -0.05) is 37.3 Å². The van der Waals surface area contributed by atoms with E-state index in [0.717, 1.165) is 23.5 Å². The average Bonchev–Trinajstić information content (AvgIpc) is 2.89. The van der Waals surface area contributed by atoms with Crippen LogP contribution < -0.4 is 0 Å². The van der Waals surface area contributed by atoms with Crippen LogP contribution in [0.5, 0.6) is 0 Å². The normalized spacial score (nSPS) is 10.8. The van der Waals surface area contributed by atoms with Gasteiger partial charge >= 0.3 is 0 Å². The van der Waals surface area contributed by atoms with Crippen molar-refractivity contribution in [2.45, 2.75) is 20.3 Å². The molecule has 0 saturated carbocycles. The van der Waals surface area contributed by atoms with Crippen LogP contribution >= 0.6 is 12.2 Å². The van der Waals surface area contributed by atoms with Gasteiger partial charge in [-0.25, -0.2) is 0 Å². The smallest absolute Gasteiger partial charge is 0.200 e. The molecule has 0 saturated heterocycles. The lowest BCUT2D eigenvalue weighted by atomic mass is 10.1. The maximum atomic E-state index is 5.40. The summed E-state index contributed by atoms with van der Waals surface area (Å²) in [5, 5.41) is 7.32. The topological polar surface area (TPSA) is 33.6 Å². The third-order valence-corrected chi connectivity index (χ3v) is 3.80. The van der Waals surface area contributed by atoms with Gasteiger partial charge in [0.15, 0.2) is 10.6 Å². The maximum Gasteiger partial charge on any atom is 0.200 e. The second-order valence-corrected chi connectivity index (χ2v) is 5.47. The van der Waals surface area contributed by atoms with E-state index in [1.807, 2.05) is 16.7 Å². The van der Waals surface area contributed by atoms with Crippen molar-refractivity contribution >= 4 is 12.2 Å². The lowest BCUT2D eigenvalue weighted by Crippen LogP contribution is -1.98. The van der Waals surface area contributed by atoms with Crippen LogP contribution in [0.4, 0.5) is 0 Å². The molecule has 3 rings (SSSR count). The molecule has 0 unspecified atom stereocenters. The van der Waals surface area contributed by atoms with Gasteiger partial charge in [-0.05, 0) is 54.9 Å². The molecule has 3 nitrogen and oxygen atoms in total. The molecule has 2 aromatic carbocycles. The van der Waals surface area contributed by atoms with E-state index in [2.05, 4.69) is 60.4 Å². The van der Waals surface area contributed by atoms with Crippen LogP contribution in [-0.2, 0) is 6.42 Å². The zero-order valence-electron chi connectivity index (χ0n) is 12.1. The van der Waals surface area contributed by atoms with Gasteiger partial charge in [0, 0.05) is 5.56 Å². The fraction of sp³-hybridized carbons (Fsp3) is 0.176. The van der Waals surface area contributed by atoms with E-state index in [4.69, 9.17) is 12.2 Å². The first kappa shape index (κ1) is 13.8. The minimum Gasteiger partial charge on any atom is -0.268 e. The Morgan fingerprint density at radius 1 is 1.14 bits per heavy atom. The summed E-state index contributed by atoms with van der Waals surface area (Å²) in [4.78, 5) is 0. The Hall–Kier alpha value is -2.20. The summed E-state index contributed by atoms with van der Waals surface area (Å²) >= 11 is 5.40. The van der Waals surface area contributed by atoms with Gasteiger partial charge in [-0.3, -0.25) is 9.67 Å². The lowest BCUT2D eigenvalue weighted by Gasteiger charge is -2.08. The highest BCUT2D eigenvalue weighted by atomic mass is 32.1. The number of benzene rings is 2. The molecule has 4 heteroatoms. The standard InChI is InChI=1S/C17H17N3S/c1-3-13-7-5-8-14(11-13)16-18-19-17(21)20(16)15-9-4-6-12(2)10-15/h4-11H,3H2,1-2H3,(H,19,21). The summed E-state index contributed by atoms with van der Waals surface area (Å²) < 4.78 is 2.59. The van der Waals surface area contributed by atoms with Crippen LogP contribution in [0.1, 0.15) is 18.1 Å². The number of rotatable bonds is 3. The monoisotopic (exact) mass is 295 g/mol. The zero-order valence-corrected chi connectivity index (χ0v) is 12.9. The van der Waals surface area contributed by atoms with Crippen molar-refractivity contribution in [2.24, 2.45) is 0 Å². The van der Waals surface area contributed by atoms with Gasteiger partial charge in [0.25, 0.3) is 0 Å². The van der Waals surface area contributed by atoms with Crippen LogP contribution in [0.25, 0.3) is 17.1 Å². The highest BCUT2D eigenvalue weighted by molar-refractivity contribution is 7.71. The van der Waals surface area contributed by atoms with Crippen LogP contribution in [0.3, 0.4) is 0 Å². The number of aryl methyl sites for hydroxylation is 2. The van der Waals surface area contributed by atoms with E-state index in [1.165, 1.54) is 11.1 Å². The number of H-pyrrole nitrogens is 1. The highest BCUT2D eigenvalue weighted by Crippen LogP contribution is 2.23. The molecule has 0 aliphatic rings. The van der Waals surface area contributed by atoms with E-state index in [9.17, 15) is 0 Å². The second kappa shape index (κ2) is 5.66. The molecule has 0 spiro atoms. The molecule has 0 bridgehead atoms. The van der Waals surface area contributed by atoms with Crippen LogP contribution in [0.15, 0.2) is 48.5 Å². The molecule has 1 N–H and O–H groups in total. The molecule has 0 atom stereocenters. The number of hydrogen-bond donors (Lipinski definition) is 1. The van der Waals surface area contributed by atoms with Crippen molar-refractivity contribution in [3.63, 3.8) is 0 Å². The molecule has 0 aliphatic carbocycles. The van der Waals surface area contributed by atoms with Crippen molar-refractivity contribution in [3.05, 3.63) is 64.4 Å². The fourth-order valence-corrected chi connectivity index (χ4v) is 2.67. The van der Waals surface area contributed by atoms with Crippen molar-refractivity contribution in [1.29, 1.82) is 0 Å². The van der Waals surface area contributed by atoms with Crippen molar-refractivity contribution in [2.75, 3.05) is 0 Å². The first-order valence-corrected chi connectivity index (χ1v) is 7.43. The second-order valence-electron chi connectivity index (χ2n) is 5.08. The van der Waals surface area contributed by atoms with E-state index < -0.39 is 0 Å². The summed E-state index contributed by atoms with van der Waals surface area (Å²) in [7, 11) is 0. The van der Waals surface area contributed by atoms with Gasteiger partial charge < -0.3 is 0 Å². The average molecular weight is 295 g/mol. The maximum absolute atomic E-state index is 5.40. The summed E-state index contributed by atoms with van der Waals surface area (Å²) in [5.41, 5.74) is 4.59. The fourth-order valence-electron chi connectivity index (χ4n) is 2.43. The highest BCUT2D eigenvalue weighted by Gasteiger charge is 2.11. The van der Waals surface area contributed by atoms with Crippen molar-refractivity contribution in [3.8, 4) is 17.1 Å². The first-order valence-electron chi connectivity index (χ1n) is 7.03. The van der Waals surface area contributed by atoms with E-state index in [0.29, 0.717) is 4.77 Å². The van der Waals surface area contributed by atoms with E-state index >= 15 is 0 Å². The van der Waals surface area contributed by atoms with Crippen molar-refractivity contribution < 1.29 is 0 Å². The van der Waals surface area contributed by atoms with Gasteiger partial charge in [0.05, 0.1) is 5.69 Å². The van der Waals surface area contributed by atoms with Gasteiger partial charge in [-0.15, -0.1) is 0 Å². The molecular weight excluding hydrogens is 278 g/mol. The summed E-state index contributed by atoms with van der Waals surface area (Å²) in [5.74, 6) is 0.848. The Morgan fingerprint density at radius 3 is 2.71 bits per heavy atom. The Bertz CT molecular complexity index is 830. The molecule has 0 fully saturated rings. The number of nitrogens with one attached hydrogen (secondary N) is 1. The molecule has 1 heterocycles. The molecule has 0 amide bonds. The minimum absolute atomic E-state index is 0.609.